The second kappa shape index (κ2) is 11.3. The second-order valence-electron chi connectivity index (χ2n) is 7.44. The van der Waals surface area contributed by atoms with Crippen molar-refractivity contribution in [2.75, 3.05) is 39.5 Å². The summed E-state index contributed by atoms with van der Waals surface area (Å²) in [6.45, 7) is 5.60. The third kappa shape index (κ3) is 6.38. The standard InChI is InChI=1S/C20H32N2O6/c1-15(23)17-5-3-9-21(17)19(25)7-11-27-13-14-28-12-8-20(26)22-10-4-6-18(22)16(2)24/h17-18H,3-14H2,1-2H3. The number of ether oxygens (including phenoxy) is 2. The van der Waals surface area contributed by atoms with Crippen LogP contribution in [0.1, 0.15) is 52.4 Å². The quantitative estimate of drug-likeness (QED) is 0.483. The summed E-state index contributed by atoms with van der Waals surface area (Å²) in [7, 11) is 0. The van der Waals surface area contributed by atoms with Gasteiger partial charge in [-0.15, -0.1) is 0 Å². The summed E-state index contributed by atoms with van der Waals surface area (Å²) in [4.78, 5) is 50.7. The smallest absolute Gasteiger partial charge is 0.225 e. The van der Waals surface area contributed by atoms with Gasteiger partial charge in [0.15, 0.2) is 11.6 Å². The molecule has 0 bridgehead atoms. The average Bonchev–Trinajstić information content (AvgIpc) is 3.32. The van der Waals surface area contributed by atoms with Gasteiger partial charge in [-0.1, -0.05) is 0 Å². The molecule has 0 aromatic carbocycles. The highest BCUT2D eigenvalue weighted by Crippen LogP contribution is 2.19. The number of ketones is 2. The molecule has 0 N–H and O–H groups in total. The van der Waals surface area contributed by atoms with Gasteiger partial charge in [-0.3, -0.25) is 19.2 Å². The molecule has 2 unspecified atom stereocenters. The number of nitrogens with zero attached hydrogens (tertiary/aromatic N) is 2. The monoisotopic (exact) mass is 396 g/mol. The maximum absolute atomic E-state index is 12.2. The summed E-state index contributed by atoms with van der Waals surface area (Å²) in [5, 5.41) is 0. The topological polar surface area (TPSA) is 93.2 Å². The molecule has 2 atom stereocenters. The van der Waals surface area contributed by atoms with Crippen LogP contribution < -0.4 is 0 Å². The molecule has 28 heavy (non-hydrogen) atoms. The minimum absolute atomic E-state index is 0.0401. The van der Waals surface area contributed by atoms with E-state index >= 15 is 0 Å². The third-order valence-electron chi connectivity index (χ3n) is 5.38. The van der Waals surface area contributed by atoms with Gasteiger partial charge >= 0.3 is 0 Å². The predicted octanol–water partition coefficient (Wildman–Crippen LogP) is 0.960. The van der Waals surface area contributed by atoms with E-state index in [9.17, 15) is 19.2 Å². The first-order valence-electron chi connectivity index (χ1n) is 10.2. The van der Waals surface area contributed by atoms with Crippen molar-refractivity contribution >= 4 is 23.4 Å². The molecule has 0 aliphatic carbocycles. The van der Waals surface area contributed by atoms with Crippen LogP contribution in [0.25, 0.3) is 0 Å². The lowest BCUT2D eigenvalue weighted by molar-refractivity contribution is -0.138. The van der Waals surface area contributed by atoms with E-state index in [1.807, 2.05) is 0 Å². The van der Waals surface area contributed by atoms with Crippen LogP contribution in [0.3, 0.4) is 0 Å². The number of hydrogen-bond acceptors (Lipinski definition) is 6. The molecular weight excluding hydrogens is 364 g/mol. The Morgan fingerprint density at radius 3 is 1.46 bits per heavy atom. The zero-order valence-electron chi connectivity index (χ0n) is 17.0. The summed E-state index contributed by atoms with van der Waals surface area (Å²) in [6, 6.07) is -0.543. The molecule has 2 fully saturated rings. The van der Waals surface area contributed by atoms with Gasteiger partial charge in [0.1, 0.15) is 0 Å². The molecule has 0 saturated carbocycles. The highest BCUT2D eigenvalue weighted by molar-refractivity contribution is 5.88. The fraction of sp³-hybridized carbons (Fsp3) is 0.800. The van der Waals surface area contributed by atoms with Crippen LogP contribution in [0.2, 0.25) is 0 Å². The molecule has 2 amide bonds. The molecule has 0 aromatic rings. The van der Waals surface area contributed by atoms with Gasteiger partial charge in [-0.2, -0.15) is 0 Å². The van der Waals surface area contributed by atoms with Crippen molar-refractivity contribution in [3.63, 3.8) is 0 Å². The van der Waals surface area contributed by atoms with Gasteiger partial charge in [0, 0.05) is 13.1 Å². The first-order valence-corrected chi connectivity index (χ1v) is 10.2. The minimum atomic E-state index is -0.272. The first-order chi connectivity index (χ1) is 13.4. The average molecular weight is 396 g/mol. The predicted molar refractivity (Wildman–Crippen MR) is 102 cm³/mol. The number of carbonyl (C=O) groups excluding carboxylic acids is 4. The Labute approximate surface area is 166 Å². The zero-order valence-corrected chi connectivity index (χ0v) is 17.0. The van der Waals surface area contributed by atoms with E-state index in [1.54, 1.807) is 9.80 Å². The molecule has 158 valence electrons. The Bertz CT molecular complexity index is 529. The number of Topliss-reactive ketones (excluding diaryl/α,β-unsaturated/α-hetero) is 2. The largest absolute Gasteiger partial charge is 0.379 e. The summed E-state index contributed by atoms with van der Waals surface area (Å²) in [5.41, 5.74) is 0. The first kappa shape index (κ1) is 22.5. The molecule has 2 aliphatic rings. The summed E-state index contributed by atoms with van der Waals surface area (Å²) in [6.07, 6.45) is 3.74. The lowest BCUT2D eigenvalue weighted by Crippen LogP contribution is -2.40. The van der Waals surface area contributed by atoms with E-state index in [2.05, 4.69) is 0 Å². The van der Waals surface area contributed by atoms with Crippen LogP contribution in [0.15, 0.2) is 0 Å². The molecular formula is C20H32N2O6. The third-order valence-corrected chi connectivity index (χ3v) is 5.38. The molecule has 8 nitrogen and oxygen atoms in total. The minimum Gasteiger partial charge on any atom is -0.379 e. The van der Waals surface area contributed by atoms with Gasteiger partial charge < -0.3 is 19.3 Å². The summed E-state index contributed by atoms with van der Waals surface area (Å²) in [5.74, 6) is -0.0127. The maximum atomic E-state index is 12.2. The number of rotatable bonds is 11. The van der Waals surface area contributed by atoms with Crippen molar-refractivity contribution < 1.29 is 28.7 Å². The molecule has 0 aromatic heterocycles. The van der Waals surface area contributed by atoms with Gasteiger partial charge in [0.2, 0.25) is 11.8 Å². The fourth-order valence-electron chi connectivity index (χ4n) is 3.90. The lowest BCUT2D eigenvalue weighted by Gasteiger charge is -2.22. The van der Waals surface area contributed by atoms with E-state index in [0.29, 0.717) is 26.3 Å². The summed E-state index contributed by atoms with van der Waals surface area (Å²) < 4.78 is 10.8. The van der Waals surface area contributed by atoms with Crippen molar-refractivity contribution in [3.8, 4) is 0 Å². The Morgan fingerprint density at radius 1 is 0.714 bits per heavy atom. The van der Waals surface area contributed by atoms with Crippen LogP contribution in [-0.4, -0.2) is 84.8 Å². The van der Waals surface area contributed by atoms with Crippen LogP contribution in [-0.2, 0) is 28.7 Å². The van der Waals surface area contributed by atoms with Crippen molar-refractivity contribution in [3.05, 3.63) is 0 Å². The molecule has 2 rings (SSSR count). The Morgan fingerprint density at radius 2 is 1.11 bits per heavy atom. The highest BCUT2D eigenvalue weighted by atomic mass is 16.5. The molecule has 2 saturated heterocycles. The normalized spacial score (nSPS) is 21.9. The van der Waals surface area contributed by atoms with Gasteiger partial charge in [0.25, 0.3) is 0 Å². The molecule has 0 radical (unpaired) electrons. The van der Waals surface area contributed by atoms with Gasteiger partial charge in [0.05, 0.1) is 51.4 Å². The number of carbonyl (C=O) groups is 4. The Kier molecular flexibility index (Phi) is 9.05. The Balaban J connectivity index is 1.51. The molecule has 8 heteroatoms. The van der Waals surface area contributed by atoms with Crippen LogP contribution >= 0.6 is 0 Å². The van der Waals surface area contributed by atoms with Gasteiger partial charge in [-0.05, 0) is 39.5 Å². The zero-order chi connectivity index (χ0) is 20.5. The van der Waals surface area contributed by atoms with Crippen LogP contribution in [0.4, 0.5) is 0 Å². The van der Waals surface area contributed by atoms with Gasteiger partial charge in [-0.25, -0.2) is 0 Å². The van der Waals surface area contributed by atoms with Crippen molar-refractivity contribution in [1.82, 2.24) is 9.80 Å². The highest BCUT2D eigenvalue weighted by Gasteiger charge is 2.32. The number of amides is 2. The summed E-state index contributed by atoms with van der Waals surface area (Å²) >= 11 is 0. The molecule has 2 heterocycles. The maximum Gasteiger partial charge on any atom is 0.225 e. The van der Waals surface area contributed by atoms with E-state index in [0.717, 1.165) is 25.7 Å². The van der Waals surface area contributed by atoms with E-state index in [1.165, 1.54) is 13.8 Å². The number of hydrogen-bond donors (Lipinski definition) is 0. The molecule has 0 spiro atoms. The van der Waals surface area contributed by atoms with Crippen molar-refractivity contribution in [1.29, 1.82) is 0 Å². The van der Waals surface area contributed by atoms with Crippen molar-refractivity contribution in [2.24, 2.45) is 0 Å². The number of likely N-dealkylation sites (tertiary alicyclic amines) is 2. The van der Waals surface area contributed by atoms with E-state index in [-0.39, 0.29) is 61.5 Å². The van der Waals surface area contributed by atoms with Crippen LogP contribution in [0.5, 0.6) is 0 Å². The van der Waals surface area contributed by atoms with Crippen LogP contribution in [0, 0.1) is 0 Å². The SMILES string of the molecule is CC(=O)C1CCCN1C(=O)CCOCCOCCC(=O)N1CCCC1C(C)=O. The molecule has 2 aliphatic heterocycles. The van der Waals surface area contributed by atoms with E-state index in [4.69, 9.17) is 9.47 Å². The lowest BCUT2D eigenvalue weighted by atomic mass is 10.1. The Hall–Kier alpha value is -1.80. The van der Waals surface area contributed by atoms with Crippen molar-refractivity contribution in [2.45, 2.75) is 64.5 Å². The second-order valence-corrected chi connectivity index (χ2v) is 7.44. The fourth-order valence-corrected chi connectivity index (χ4v) is 3.90. The van der Waals surface area contributed by atoms with E-state index < -0.39 is 0 Å².